The van der Waals surface area contributed by atoms with Gasteiger partial charge in [0.15, 0.2) is 9.84 Å². The number of hydrogen-bond donors (Lipinski definition) is 0. The van der Waals surface area contributed by atoms with E-state index in [4.69, 9.17) is 0 Å². The number of fused-ring (bicyclic) bond motifs is 1. The molecule has 0 bridgehead atoms. The Morgan fingerprint density at radius 3 is 2.29 bits per heavy atom. The van der Waals surface area contributed by atoms with Gasteiger partial charge in [-0.3, -0.25) is 14.5 Å². The van der Waals surface area contributed by atoms with Gasteiger partial charge in [0.05, 0.1) is 28.7 Å². The molecule has 1 aromatic rings. The first-order chi connectivity index (χ1) is 11.4. The summed E-state index contributed by atoms with van der Waals surface area (Å²) in [6.45, 7) is 4.97. The summed E-state index contributed by atoms with van der Waals surface area (Å²) in [5.74, 6) is 1.39. The van der Waals surface area contributed by atoms with Gasteiger partial charge in [-0.05, 0) is 31.0 Å². The second-order valence-corrected chi connectivity index (χ2v) is 8.01. The third-order valence-corrected chi connectivity index (χ3v) is 6.13. The number of sulfone groups is 1. The van der Waals surface area contributed by atoms with E-state index in [0.29, 0.717) is 17.5 Å². The standard InChI is InChI=1S/C17H20N2O4S/c1-3-5-10-24(22,23)13(11-18-4-2)12-19-16(20)14-8-6-7-9-15(14)17(19)21/h6-9,13H,2-3,5,10-12H2,1H3. The molecule has 1 atom stereocenters. The molecule has 2 amide bonds. The lowest BCUT2D eigenvalue weighted by atomic mass is 10.1. The number of benzene rings is 1. The number of imide groups is 1. The van der Waals surface area contributed by atoms with Crippen LogP contribution in [0.15, 0.2) is 35.8 Å². The normalized spacial score (nSPS) is 15.1. The Kier molecular flexibility index (Phi) is 5.70. The van der Waals surface area contributed by atoms with Gasteiger partial charge in [0.25, 0.3) is 11.8 Å². The molecule has 1 unspecified atom stereocenters. The number of carbonyl (C=O) groups is 2. The summed E-state index contributed by atoms with van der Waals surface area (Å²) in [5.41, 5.74) is 0.610. The number of unbranched alkanes of at least 4 members (excludes halogenated alkanes) is 1. The largest absolute Gasteiger partial charge is 0.273 e. The van der Waals surface area contributed by atoms with Crippen LogP contribution in [0, 0.1) is 0 Å². The van der Waals surface area contributed by atoms with E-state index in [1.54, 1.807) is 24.3 Å². The van der Waals surface area contributed by atoms with E-state index < -0.39 is 26.9 Å². The molecular weight excluding hydrogens is 328 g/mol. The molecule has 1 heterocycles. The average molecular weight is 348 g/mol. The molecule has 24 heavy (non-hydrogen) atoms. The van der Waals surface area contributed by atoms with Gasteiger partial charge in [0.1, 0.15) is 0 Å². The quantitative estimate of drug-likeness (QED) is 0.529. The summed E-state index contributed by atoms with van der Waals surface area (Å²) < 4.78 is 25.0. The van der Waals surface area contributed by atoms with Crippen molar-refractivity contribution in [2.75, 3.05) is 18.8 Å². The molecule has 2 rings (SSSR count). The molecule has 7 heteroatoms. The summed E-state index contributed by atoms with van der Waals surface area (Å²) in [4.78, 5) is 29.6. The Bertz CT molecular complexity index is 760. The van der Waals surface area contributed by atoms with Crippen molar-refractivity contribution in [2.24, 2.45) is 4.99 Å². The van der Waals surface area contributed by atoms with Crippen molar-refractivity contribution in [3.05, 3.63) is 42.0 Å². The van der Waals surface area contributed by atoms with Crippen molar-refractivity contribution in [3.63, 3.8) is 0 Å². The van der Waals surface area contributed by atoms with Crippen molar-refractivity contribution < 1.29 is 18.0 Å². The zero-order valence-corrected chi connectivity index (χ0v) is 14.4. The van der Waals surface area contributed by atoms with E-state index in [2.05, 4.69) is 17.4 Å². The van der Waals surface area contributed by atoms with Crippen molar-refractivity contribution >= 4 is 27.5 Å². The van der Waals surface area contributed by atoms with Crippen LogP contribution >= 0.6 is 0 Å². The highest BCUT2D eigenvalue weighted by atomic mass is 32.2. The van der Waals surface area contributed by atoms with Gasteiger partial charge < -0.3 is 0 Å². The van der Waals surface area contributed by atoms with E-state index in [-0.39, 0.29) is 18.8 Å². The van der Waals surface area contributed by atoms with Crippen molar-refractivity contribution in [1.29, 1.82) is 0 Å². The Hall–Kier alpha value is -2.24. The fourth-order valence-corrected chi connectivity index (χ4v) is 4.27. The highest BCUT2D eigenvalue weighted by Crippen LogP contribution is 2.23. The molecule has 0 spiro atoms. The predicted octanol–water partition coefficient (Wildman–Crippen LogP) is 1.72. The Balaban J connectivity index is 2.26. The highest BCUT2D eigenvalue weighted by Gasteiger charge is 2.39. The van der Waals surface area contributed by atoms with E-state index in [0.717, 1.165) is 11.3 Å². The second-order valence-electron chi connectivity index (χ2n) is 5.61. The van der Waals surface area contributed by atoms with Gasteiger partial charge in [0, 0.05) is 6.54 Å². The molecule has 6 nitrogen and oxygen atoms in total. The molecule has 0 saturated heterocycles. The predicted molar refractivity (Wildman–Crippen MR) is 92.2 cm³/mol. The van der Waals surface area contributed by atoms with Crippen molar-refractivity contribution in [2.45, 2.75) is 25.0 Å². The number of rotatable bonds is 8. The fraction of sp³-hybridized carbons (Fsp3) is 0.412. The molecule has 0 aliphatic carbocycles. The molecule has 0 fully saturated rings. The van der Waals surface area contributed by atoms with E-state index in [9.17, 15) is 18.0 Å². The van der Waals surface area contributed by atoms with Crippen LogP contribution in [0.4, 0.5) is 0 Å². The Labute approximate surface area is 141 Å². The topological polar surface area (TPSA) is 83.9 Å². The highest BCUT2D eigenvalue weighted by molar-refractivity contribution is 7.92. The van der Waals surface area contributed by atoms with Crippen LogP contribution in [0.25, 0.3) is 0 Å². The zero-order valence-electron chi connectivity index (χ0n) is 13.6. The molecule has 0 N–H and O–H groups in total. The lowest BCUT2D eigenvalue weighted by molar-refractivity contribution is 0.0655. The number of carbonyl (C=O) groups excluding carboxylic acids is 2. The third kappa shape index (κ3) is 3.63. The molecular formula is C17H20N2O4S. The monoisotopic (exact) mass is 348 g/mol. The zero-order chi connectivity index (χ0) is 17.7. The maximum atomic E-state index is 12.5. The van der Waals surface area contributed by atoms with Gasteiger partial charge in [-0.1, -0.05) is 25.5 Å². The minimum atomic E-state index is -3.49. The number of amides is 2. The molecule has 0 saturated carbocycles. The van der Waals surface area contributed by atoms with Crippen LogP contribution in [-0.2, 0) is 9.84 Å². The van der Waals surface area contributed by atoms with E-state index in [1.807, 2.05) is 6.92 Å². The van der Waals surface area contributed by atoms with Crippen LogP contribution in [-0.4, -0.2) is 55.1 Å². The van der Waals surface area contributed by atoms with Crippen LogP contribution in [0.1, 0.15) is 40.5 Å². The molecule has 1 aliphatic heterocycles. The third-order valence-electron chi connectivity index (χ3n) is 3.96. The lowest BCUT2D eigenvalue weighted by Gasteiger charge is -2.21. The van der Waals surface area contributed by atoms with Crippen molar-refractivity contribution in [3.8, 4) is 0 Å². The SMILES string of the molecule is C=C=NCC(CN1C(=O)c2ccccc2C1=O)S(=O)(=O)CCCC. The summed E-state index contributed by atoms with van der Waals surface area (Å²) in [6.07, 6.45) is 1.27. The fourth-order valence-electron chi connectivity index (χ4n) is 2.57. The van der Waals surface area contributed by atoms with Crippen LogP contribution in [0.3, 0.4) is 0 Å². The van der Waals surface area contributed by atoms with Crippen LogP contribution < -0.4 is 0 Å². The maximum Gasteiger partial charge on any atom is 0.261 e. The average Bonchev–Trinajstić information content (AvgIpc) is 2.81. The van der Waals surface area contributed by atoms with Gasteiger partial charge >= 0.3 is 0 Å². The first kappa shape index (κ1) is 18.1. The van der Waals surface area contributed by atoms with Gasteiger partial charge in [-0.2, -0.15) is 0 Å². The Morgan fingerprint density at radius 2 is 1.79 bits per heavy atom. The Morgan fingerprint density at radius 1 is 1.21 bits per heavy atom. The number of nitrogens with zero attached hydrogens (tertiary/aromatic N) is 2. The molecule has 1 aliphatic rings. The van der Waals surface area contributed by atoms with E-state index >= 15 is 0 Å². The minimum absolute atomic E-state index is 0.00397. The molecule has 0 radical (unpaired) electrons. The van der Waals surface area contributed by atoms with Crippen molar-refractivity contribution in [1.82, 2.24) is 4.90 Å². The van der Waals surface area contributed by atoms with E-state index in [1.165, 1.54) is 0 Å². The number of aliphatic imine (C=N–C) groups is 1. The van der Waals surface area contributed by atoms with Gasteiger partial charge in [-0.15, -0.1) is 0 Å². The molecule has 0 aromatic heterocycles. The number of hydrogen-bond acceptors (Lipinski definition) is 5. The summed E-state index contributed by atoms with van der Waals surface area (Å²) >= 11 is 0. The van der Waals surface area contributed by atoms with Crippen LogP contribution in [0.5, 0.6) is 0 Å². The maximum absolute atomic E-state index is 12.5. The molecule has 128 valence electrons. The van der Waals surface area contributed by atoms with Gasteiger partial charge in [0.2, 0.25) is 0 Å². The second kappa shape index (κ2) is 7.55. The first-order valence-electron chi connectivity index (χ1n) is 7.77. The van der Waals surface area contributed by atoms with Gasteiger partial charge in [-0.25, -0.2) is 13.4 Å². The lowest BCUT2D eigenvalue weighted by Crippen LogP contribution is -2.42. The summed E-state index contributed by atoms with van der Waals surface area (Å²) in [7, 11) is -3.49. The minimum Gasteiger partial charge on any atom is -0.273 e. The van der Waals surface area contributed by atoms with Crippen LogP contribution in [0.2, 0.25) is 0 Å². The molecule has 1 aromatic carbocycles. The summed E-state index contributed by atoms with van der Waals surface area (Å²) in [6, 6.07) is 6.48. The first-order valence-corrected chi connectivity index (χ1v) is 9.49. The summed E-state index contributed by atoms with van der Waals surface area (Å²) in [5, 5.41) is -0.944. The smallest absolute Gasteiger partial charge is 0.261 e.